The van der Waals surface area contributed by atoms with Crippen molar-refractivity contribution in [2.45, 2.75) is 19.5 Å². The number of aliphatic carboxylic acids is 1. The lowest BCUT2D eigenvalue weighted by Crippen LogP contribution is -2.46. The van der Waals surface area contributed by atoms with Gasteiger partial charge >= 0.3 is 12.0 Å². The van der Waals surface area contributed by atoms with E-state index in [9.17, 15) is 9.59 Å². The Morgan fingerprint density at radius 2 is 2.50 bits per heavy atom. The number of thioether (sulfide) groups is 1. The van der Waals surface area contributed by atoms with Crippen LogP contribution in [0.25, 0.3) is 0 Å². The fourth-order valence-electron chi connectivity index (χ4n) is 1.67. The molecule has 0 aromatic carbocycles. The van der Waals surface area contributed by atoms with Gasteiger partial charge in [0.25, 0.3) is 0 Å². The summed E-state index contributed by atoms with van der Waals surface area (Å²) < 4.78 is 0. The number of hydrogen-bond donors (Lipinski definition) is 3. The fraction of sp³-hybridized carbons (Fsp3) is 0.500. The number of carboxylic acid groups (broad SMARTS) is 1. The van der Waals surface area contributed by atoms with Crippen LogP contribution in [0.1, 0.15) is 11.3 Å². The Labute approximate surface area is 108 Å². The quantitative estimate of drug-likeness (QED) is 0.738. The van der Waals surface area contributed by atoms with E-state index in [1.165, 1.54) is 16.7 Å². The molecule has 2 heterocycles. The van der Waals surface area contributed by atoms with Crippen molar-refractivity contribution in [3.63, 3.8) is 0 Å². The second kappa shape index (κ2) is 5.30. The number of nitrogens with one attached hydrogen (secondary N) is 2. The largest absolute Gasteiger partial charge is 0.480 e. The van der Waals surface area contributed by atoms with Crippen LogP contribution in [0.2, 0.25) is 0 Å². The van der Waals surface area contributed by atoms with Gasteiger partial charge in [0, 0.05) is 23.6 Å². The summed E-state index contributed by atoms with van der Waals surface area (Å²) in [5.74, 6) is -0.115. The standard InChI is InChI=1S/C10H14N4O3S/c1-6-7(3-12-13-6)2-11-10(17)14-5-18-4-8(14)9(15)16/h3,8H,2,4-5H2,1H3,(H,11,17)(H,12,13)(H,15,16)/t8-/m0/s1. The molecule has 0 bridgehead atoms. The normalized spacial score (nSPS) is 18.9. The van der Waals surface area contributed by atoms with Crippen LogP contribution >= 0.6 is 11.8 Å². The Bertz CT molecular complexity index is 462. The van der Waals surface area contributed by atoms with Crippen LogP contribution in [0.5, 0.6) is 0 Å². The van der Waals surface area contributed by atoms with Crippen molar-refractivity contribution in [1.82, 2.24) is 20.4 Å². The summed E-state index contributed by atoms with van der Waals surface area (Å²) in [5.41, 5.74) is 1.78. The zero-order valence-corrected chi connectivity index (χ0v) is 10.7. The van der Waals surface area contributed by atoms with Crippen LogP contribution in [-0.4, -0.2) is 49.9 Å². The molecular formula is C10H14N4O3S. The van der Waals surface area contributed by atoms with Crippen molar-refractivity contribution in [1.29, 1.82) is 0 Å². The highest BCUT2D eigenvalue weighted by atomic mass is 32.2. The number of carbonyl (C=O) groups excluding carboxylic acids is 1. The fourth-order valence-corrected chi connectivity index (χ4v) is 2.82. The Morgan fingerprint density at radius 1 is 1.72 bits per heavy atom. The minimum absolute atomic E-state index is 0.342. The topological polar surface area (TPSA) is 98.3 Å². The second-order valence-electron chi connectivity index (χ2n) is 4.00. The molecule has 1 atom stereocenters. The molecule has 0 aliphatic carbocycles. The second-order valence-corrected chi connectivity index (χ2v) is 5.00. The summed E-state index contributed by atoms with van der Waals surface area (Å²) in [7, 11) is 0. The monoisotopic (exact) mass is 270 g/mol. The summed E-state index contributed by atoms with van der Waals surface area (Å²) in [5, 5.41) is 18.3. The summed E-state index contributed by atoms with van der Waals surface area (Å²) in [6.45, 7) is 2.20. The zero-order valence-electron chi connectivity index (χ0n) is 9.84. The highest BCUT2D eigenvalue weighted by Gasteiger charge is 2.34. The first-order valence-corrected chi connectivity index (χ1v) is 6.59. The lowest BCUT2D eigenvalue weighted by molar-refractivity contribution is -0.140. The van der Waals surface area contributed by atoms with Crippen LogP contribution < -0.4 is 5.32 Å². The third kappa shape index (κ3) is 2.58. The van der Waals surface area contributed by atoms with Crippen LogP contribution in [0, 0.1) is 6.92 Å². The maximum atomic E-state index is 11.9. The summed E-state index contributed by atoms with van der Waals surface area (Å²) >= 11 is 1.44. The highest BCUT2D eigenvalue weighted by molar-refractivity contribution is 7.99. The number of urea groups is 1. The van der Waals surface area contributed by atoms with Gasteiger partial charge < -0.3 is 15.3 Å². The SMILES string of the molecule is Cc1[nH]ncc1CNC(=O)N1CSC[C@H]1C(=O)O. The lowest BCUT2D eigenvalue weighted by atomic mass is 10.2. The van der Waals surface area contributed by atoms with Crippen molar-refractivity contribution >= 4 is 23.8 Å². The smallest absolute Gasteiger partial charge is 0.327 e. The molecular weight excluding hydrogens is 256 g/mol. The van der Waals surface area contributed by atoms with Gasteiger partial charge in [0.2, 0.25) is 0 Å². The van der Waals surface area contributed by atoms with Gasteiger partial charge in [-0.3, -0.25) is 5.10 Å². The number of carbonyl (C=O) groups is 2. The Balaban J connectivity index is 1.92. The molecule has 0 unspecified atom stereocenters. The van der Waals surface area contributed by atoms with Crippen molar-refractivity contribution in [2.24, 2.45) is 0 Å². The van der Waals surface area contributed by atoms with E-state index in [0.29, 0.717) is 18.2 Å². The molecule has 18 heavy (non-hydrogen) atoms. The average molecular weight is 270 g/mol. The predicted molar refractivity (Wildman–Crippen MR) is 66.1 cm³/mol. The summed E-state index contributed by atoms with van der Waals surface area (Å²) in [4.78, 5) is 24.2. The number of rotatable bonds is 3. The zero-order chi connectivity index (χ0) is 13.1. The van der Waals surface area contributed by atoms with Gasteiger partial charge in [0.15, 0.2) is 0 Å². The predicted octanol–water partition coefficient (Wildman–Crippen LogP) is 0.387. The molecule has 1 aliphatic heterocycles. The molecule has 1 aliphatic rings. The van der Waals surface area contributed by atoms with Gasteiger partial charge in [-0.15, -0.1) is 11.8 Å². The molecule has 1 aromatic rings. The van der Waals surface area contributed by atoms with Crippen LogP contribution in [0.3, 0.4) is 0 Å². The number of aryl methyl sites for hydroxylation is 1. The summed E-state index contributed by atoms with van der Waals surface area (Å²) in [6, 6.07) is -1.09. The molecule has 7 nitrogen and oxygen atoms in total. The van der Waals surface area contributed by atoms with E-state index < -0.39 is 12.0 Å². The molecule has 1 aromatic heterocycles. The number of aromatic amines is 1. The number of hydrogen-bond acceptors (Lipinski definition) is 4. The van der Waals surface area contributed by atoms with E-state index in [1.54, 1.807) is 6.20 Å². The molecule has 3 N–H and O–H groups in total. The van der Waals surface area contributed by atoms with Crippen molar-refractivity contribution in [2.75, 3.05) is 11.6 Å². The minimum atomic E-state index is -0.963. The highest BCUT2D eigenvalue weighted by Crippen LogP contribution is 2.20. The summed E-state index contributed by atoms with van der Waals surface area (Å²) in [6.07, 6.45) is 1.64. The molecule has 98 valence electrons. The first-order chi connectivity index (χ1) is 8.59. The van der Waals surface area contributed by atoms with Crippen LogP contribution in [-0.2, 0) is 11.3 Å². The number of nitrogens with zero attached hydrogens (tertiary/aromatic N) is 2. The molecule has 8 heteroatoms. The molecule has 0 saturated carbocycles. The van der Waals surface area contributed by atoms with Crippen LogP contribution in [0.15, 0.2) is 6.20 Å². The van der Waals surface area contributed by atoms with Gasteiger partial charge in [0.05, 0.1) is 12.1 Å². The molecule has 1 saturated heterocycles. The molecule has 2 rings (SSSR count). The van der Waals surface area contributed by atoms with Crippen molar-refractivity contribution in [3.8, 4) is 0 Å². The maximum Gasteiger partial charge on any atom is 0.327 e. The Hall–Kier alpha value is -1.70. The third-order valence-corrected chi connectivity index (χ3v) is 3.80. The number of H-pyrrole nitrogens is 1. The van der Waals surface area contributed by atoms with Gasteiger partial charge in [-0.05, 0) is 6.92 Å². The molecule has 1 fully saturated rings. The van der Waals surface area contributed by atoms with Crippen molar-refractivity contribution < 1.29 is 14.7 Å². The first-order valence-electron chi connectivity index (χ1n) is 5.43. The molecule has 2 amide bonds. The van der Waals surface area contributed by atoms with Gasteiger partial charge in [-0.1, -0.05) is 0 Å². The Kier molecular flexibility index (Phi) is 3.75. The van der Waals surface area contributed by atoms with E-state index >= 15 is 0 Å². The Morgan fingerprint density at radius 3 is 3.11 bits per heavy atom. The average Bonchev–Trinajstić information content (AvgIpc) is 2.94. The maximum absolute atomic E-state index is 11.9. The van der Waals surface area contributed by atoms with Crippen molar-refractivity contribution in [3.05, 3.63) is 17.5 Å². The molecule has 0 spiro atoms. The third-order valence-electron chi connectivity index (χ3n) is 2.79. The van der Waals surface area contributed by atoms with Crippen LogP contribution in [0.4, 0.5) is 4.79 Å². The van der Waals surface area contributed by atoms with E-state index in [-0.39, 0.29) is 6.03 Å². The van der Waals surface area contributed by atoms with Gasteiger partial charge in [0.1, 0.15) is 6.04 Å². The number of aromatic nitrogens is 2. The van der Waals surface area contributed by atoms with E-state index in [2.05, 4.69) is 15.5 Å². The van der Waals surface area contributed by atoms with Gasteiger partial charge in [-0.2, -0.15) is 5.10 Å². The number of amides is 2. The first kappa shape index (κ1) is 12.7. The van der Waals surface area contributed by atoms with E-state index in [0.717, 1.165) is 11.3 Å². The number of carboxylic acids is 1. The lowest BCUT2D eigenvalue weighted by Gasteiger charge is -2.20. The van der Waals surface area contributed by atoms with E-state index in [1.807, 2.05) is 6.92 Å². The molecule has 0 radical (unpaired) electrons. The minimum Gasteiger partial charge on any atom is -0.480 e. The van der Waals surface area contributed by atoms with E-state index in [4.69, 9.17) is 5.11 Å². The van der Waals surface area contributed by atoms with Gasteiger partial charge in [-0.25, -0.2) is 9.59 Å².